The van der Waals surface area contributed by atoms with Gasteiger partial charge in [-0.1, -0.05) is 27.7 Å². The number of amidine groups is 1. The highest BCUT2D eigenvalue weighted by Crippen LogP contribution is 2.24. The zero-order valence-corrected chi connectivity index (χ0v) is 7.18. The van der Waals surface area contributed by atoms with Crippen LogP contribution in [0.15, 0.2) is 5.10 Å². The van der Waals surface area contributed by atoms with Crippen LogP contribution in [0.5, 0.6) is 0 Å². The van der Waals surface area contributed by atoms with Gasteiger partial charge in [-0.25, -0.2) is 0 Å². The number of nitrogens with zero attached hydrogens (tertiary/aromatic N) is 1. The molecule has 0 aliphatic heterocycles. The van der Waals surface area contributed by atoms with Gasteiger partial charge in [0.15, 0.2) is 0 Å². The number of nitrogens with two attached hydrogens (primary N) is 2. The molecule has 3 nitrogen and oxygen atoms in total. The van der Waals surface area contributed by atoms with Crippen LogP contribution in [0, 0.1) is 11.3 Å². The maximum absolute atomic E-state index is 5.53. The molecule has 0 rings (SSSR count). The van der Waals surface area contributed by atoms with Gasteiger partial charge in [-0.2, -0.15) is 5.10 Å². The minimum Gasteiger partial charge on any atom is -0.385 e. The number of rotatable bonds is 1. The molecule has 0 saturated carbocycles. The summed E-state index contributed by atoms with van der Waals surface area (Å²) in [6.45, 7) is 8.34. The highest BCUT2D eigenvalue weighted by atomic mass is 15.2. The largest absolute Gasteiger partial charge is 0.385 e. The minimum absolute atomic E-state index is 0.146. The Bertz CT molecular complexity index is 132. The van der Waals surface area contributed by atoms with Gasteiger partial charge in [-0.15, -0.1) is 0 Å². The average molecular weight is 143 g/mol. The van der Waals surface area contributed by atoms with Gasteiger partial charge in [0.1, 0.15) is 5.84 Å². The van der Waals surface area contributed by atoms with Crippen LogP contribution < -0.4 is 11.6 Å². The van der Waals surface area contributed by atoms with E-state index in [9.17, 15) is 0 Å². The van der Waals surface area contributed by atoms with Crippen LogP contribution in [0.1, 0.15) is 27.7 Å². The molecule has 0 heterocycles. The Morgan fingerprint density at radius 2 is 1.80 bits per heavy atom. The van der Waals surface area contributed by atoms with E-state index in [0.717, 1.165) is 0 Å². The molecule has 4 N–H and O–H groups in total. The molecule has 60 valence electrons. The fraction of sp³-hybridized carbons (Fsp3) is 0.857. The molecule has 0 radical (unpaired) electrons. The van der Waals surface area contributed by atoms with Gasteiger partial charge in [0.25, 0.3) is 0 Å². The molecule has 3 heteroatoms. The molecular formula is C7H17N3. The number of hydrazone groups is 1. The third-order valence-electron chi connectivity index (χ3n) is 1.89. The summed E-state index contributed by atoms with van der Waals surface area (Å²) in [5.41, 5.74) is 5.67. The summed E-state index contributed by atoms with van der Waals surface area (Å²) in [5, 5.41) is 3.45. The normalized spacial score (nSPS) is 17.0. The number of hydrogen-bond donors (Lipinski definition) is 2. The van der Waals surface area contributed by atoms with Crippen LogP contribution in [0.3, 0.4) is 0 Å². The smallest absolute Gasteiger partial charge is 0.122 e. The summed E-state index contributed by atoms with van der Waals surface area (Å²) < 4.78 is 0. The molecule has 0 bridgehead atoms. The SMILES string of the molecule is CC(/C(N)=N/N)C(C)(C)C. The summed E-state index contributed by atoms with van der Waals surface area (Å²) in [7, 11) is 0. The van der Waals surface area contributed by atoms with Gasteiger partial charge in [0.2, 0.25) is 0 Å². The highest BCUT2D eigenvalue weighted by Gasteiger charge is 2.22. The van der Waals surface area contributed by atoms with Gasteiger partial charge >= 0.3 is 0 Å². The predicted molar refractivity (Wildman–Crippen MR) is 44.4 cm³/mol. The van der Waals surface area contributed by atoms with Gasteiger partial charge < -0.3 is 11.6 Å². The molecule has 0 saturated heterocycles. The number of hydrogen-bond acceptors (Lipinski definition) is 2. The minimum atomic E-state index is 0.146. The maximum Gasteiger partial charge on any atom is 0.122 e. The van der Waals surface area contributed by atoms with Crippen LogP contribution in [0.4, 0.5) is 0 Å². The van der Waals surface area contributed by atoms with Crippen LogP contribution in [0.2, 0.25) is 0 Å². The summed E-state index contributed by atoms with van der Waals surface area (Å²) in [5.74, 6) is 5.79. The second-order valence-corrected chi connectivity index (χ2v) is 3.64. The van der Waals surface area contributed by atoms with E-state index < -0.39 is 0 Å². The average Bonchev–Trinajstić information content (AvgIpc) is 1.83. The third kappa shape index (κ3) is 2.25. The van der Waals surface area contributed by atoms with Gasteiger partial charge in [0, 0.05) is 5.92 Å². The van der Waals surface area contributed by atoms with E-state index in [0.29, 0.717) is 5.84 Å². The lowest BCUT2D eigenvalue weighted by atomic mass is 9.81. The Kier molecular flexibility index (Phi) is 2.69. The molecule has 0 aliphatic carbocycles. The van der Waals surface area contributed by atoms with Crippen LogP contribution >= 0.6 is 0 Å². The van der Waals surface area contributed by atoms with Crippen molar-refractivity contribution in [2.45, 2.75) is 27.7 Å². The fourth-order valence-corrected chi connectivity index (χ4v) is 0.555. The lowest BCUT2D eigenvalue weighted by molar-refractivity contribution is 0.331. The lowest BCUT2D eigenvalue weighted by Crippen LogP contribution is -2.32. The molecule has 0 aromatic rings. The molecule has 10 heavy (non-hydrogen) atoms. The molecule has 0 fully saturated rings. The van der Waals surface area contributed by atoms with Crippen molar-refractivity contribution in [3.8, 4) is 0 Å². The van der Waals surface area contributed by atoms with Crippen molar-refractivity contribution in [3.05, 3.63) is 0 Å². The molecule has 1 unspecified atom stereocenters. The van der Waals surface area contributed by atoms with E-state index >= 15 is 0 Å². The summed E-state index contributed by atoms with van der Waals surface area (Å²) >= 11 is 0. The van der Waals surface area contributed by atoms with Gasteiger partial charge in [-0.05, 0) is 5.41 Å². The van der Waals surface area contributed by atoms with Gasteiger partial charge in [-0.3, -0.25) is 0 Å². The van der Waals surface area contributed by atoms with E-state index in [-0.39, 0.29) is 11.3 Å². The fourth-order valence-electron chi connectivity index (χ4n) is 0.555. The molecule has 0 aliphatic rings. The first-order valence-electron chi connectivity index (χ1n) is 3.43. The van der Waals surface area contributed by atoms with Crippen LogP contribution in [-0.2, 0) is 0 Å². The second kappa shape index (κ2) is 2.90. The first kappa shape index (κ1) is 9.27. The lowest BCUT2D eigenvalue weighted by Gasteiger charge is -2.25. The predicted octanol–water partition coefficient (Wildman–Crippen LogP) is 0.899. The molecular weight excluding hydrogens is 126 g/mol. The van der Waals surface area contributed by atoms with E-state index in [2.05, 4.69) is 25.9 Å². The molecule has 0 aromatic carbocycles. The van der Waals surface area contributed by atoms with E-state index in [1.807, 2.05) is 6.92 Å². The Morgan fingerprint density at radius 1 is 1.40 bits per heavy atom. The van der Waals surface area contributed by atoms with Crippen molar-refractivity contribution in [2.75, 3.05) is 0 Å². The Morgan fingerprint density at radius 3 is 1.90 bits per heavy atom. The zero-order valence-electron chi connectivity index (χ0n) is 7.18. The van der Waals surface area contributed by atoms with Crippen molar-refractivity contribution in [3.63, 3.8) is 0 Å². The first-order chi connectivity index (χ1) is 4.39. The second-order valence-electron chi connectivity index (χ2n) is 3.64. The standard InChI is InChI=1S/C7H17N3/c1-5(6(8)10-9)7(2,3)4/h5H,9H2,1-4H3,(H2,8,10). The Balaban J connectivity index is 4.23. The van der Waals surface area contributed by atoms with E-state index in [1.165, 1.54) is 0 Å². The zero-order chi connectivity index (χ0) is 8.36. The molecule has 1 atom stereocenters. The molecule has 0 spiro atoms. The summed E-state index contributed by atoms with van der Waals surface area (Å²) in [6.07, 6.45) is 0. The van der Waals surface area contributed by atoms with E-state index in [1.54, 1.807) is 0 Å². The Labute approximate surface area is 62.5 Å². The van der Waals surface area contributed by atoms with E-state index in [4.69, 9.17) is 11.6 Å². The topological polar surface area (TPSA) is 64.4 Å². The van der Waals surface area contributed by atoms with Gasteiger partial charge in [0.05, 0.1) is 0 Å². The Hall–Kier alpha value is -0.730. The summed E-state index contributed by atoms with van der Waals surface area (Å²) in [4.78, 5) is 0. The monoisotopic (exact) mass is 143 g/mol. The summed E-state index contributed by atoms with van der Waals surface area (Å²) in [6, 6.07) is 0. The van der Waals surface area contributed by atoms with Crippen molar-refractivity contribution in [2.24, 2.45) is 28.0 Å². The van der Waals surface area contributed by atoms with Crippen molar-refractivity contribution < 1.29 is 0 Å². The maximum atomic E-state index is 5.53. The van der Waals surface area contributed by atoms with Crippen LogP contribution in [-0.4, -0.2) is 5.84 Å². The van der Waals surface area contributed by atoms with Crippen molar-refractivity contribution in [1.29, 1.82) is 0 Å². The first-order valence-corrected chi connectivity index (χ1v) is 3.43. The highest BCUT2D eigenvalue weighted by molar-refractivity contribution is 5.82. The molecule has 0 aromatic heterocycles. The third-order valence-corrected chi connectivity index (χ3v) is 1.89. The van der Waals surface area contributed by atoms with Crippen molar-refractivity contribution in [1.82, 2.24) is 0 Å². The quantitative estimate of drug-likeness (QED) is 0.248. The van der Waals surface area contributed by atoms with Crippen LogP contribution in [0.25, 0.3) is 0 Å². The molecule has 0 amide bonds. The van der Waals surface area contributed by atoms with Crippen molar-refractivity contribution >= 4 is 5.84 Å².